The third-order valence-electron chi connectivity index (χ3n) is 2.15. The fourth-order valence-electron chi connectivity index (χ4n) is 1.24. The first kappa shape index (κ1) is 11.8. The van der Waals surface area contributed by atoms with E-state index in [9.17, 15) is 10.2 Å². The molecule has 0 saturated carbocycles. The Labute approximate surface area is 73.6 Å². The topological polar surface area (TPSA) is 92.5 Å². The molecule has 0 saturated heterocycles. The minimum atomic E-state index is -1.22. The van der Waals surface area contributed by atoms with Crippen LogP contribution < -0.4 is 11.5 Å². The van der Waals surface area contributed by atoms with Gasteiger partial charge in [0.15, 0.2) is 0 Å². The molecule has 0 radical (unpaired) electrons. The van der Waals surface area contributed by atoms with Crippen molar-refractivity contribution >= 4 is 0 Å². The molecular weight excluding hydrogens is 156 g/mol. The van der Waals surface area contributed by atoms with Crippen molar-refractivity contribution < 1.29 is 10.2 Å². The lowest BCUT2D eigenvalue weighted by Gasteiger charge is -2.29. The number of aliphatic hydroxyl groups is 2. The van der Waals surface area contributed by atoms with Crippen LogP contribution in [0, 0.1) is 5.92 Å². The van der Waals surface area contributed by atoms with Crippen molar-refractivity contribution in [2.24, 2.45) is 17.4 Å². The Morgan fingerprint density at radius 1 is 1.50 bits per heavy atom. The van der Waals surface area contributed by atoms with Crippen molar-refractivity contribution in [1.82, 2.24) is 0 Å². The molecule has 0 amide bonds. The molecule has 0 spiro atoms. The van der Waals surface area contributed by atoms with Gasteiger partial charge in [-0.2, -0.15) is 0 Å². The van der Waals surface area contributed by atoms with E-state index >= 15 is 0 Å². The Hall–Kier alpha value is -0.160. The Kier molecular flexibility index (Phi) is 4.70. The maximum Gasteiger partial charge on any atom is 0.113 e. The zero-order valence-corrected chi connectivity index (χ0v) is 7.83. The molecule has 0 aliphatic heterocycles. The van der Waals surface area contributed by atoms with E-state index in [1.165, 1.54) is 0 Å². The number of aliphatic hydroxyl groups excluding tert-OH is 1. The molecule has 6 N–H and O–H groups in total. The van der Waals surface area contributed by atoms with Crippen molar-refractivity contribution in [3.05, 3.63) is 0 Å². The molecule has 4 heteroatoms. The molecule has 0 bridgehead atoms. The minimum absolute atomic E-state index is 0.101. The first-order valence-electron chi connectivity index (χ1n) is 4.31. The number of hydrogen-bond donors (Lipinski definition) is 4. The maximum atomic E-state index is 9.45. The Morgan fingerprint density at radius 2 is 2.00 bits per heavy atom. The molecular formula is C8H20N2O2. The van der Waals surface area contributed by atoms with Gasteiger partial charge in [-0.05, 0) is 19.8 Å². The van der Waals surface area contributed by atoms with Crippen LogP contribution in [0.25, 0.3) is 0 Å². The van der Waals surface area contributed by atoms with Gasteiger partial charge in [0.25, 0.3) is 0 Å². The monoisotopic (exact) mass is 176 g/mol. The molecule has 0 aromatic carbocycles. The van der Waals surface area contributed by atoms with Gasteiger partial charge in [-0.3, -0.25) is 0 Å². The van der Waals surface area contributed by atoms with Gasteiger partial charge in [-0.1, -0.05) is 6.92 Å². The molecule has 0 rings (SSSR count). The zero-order valence-electron chi connectivity index (χ0n) is 7.83. The van der Waals surface area contributed by atoms with Crippen LogP contribution in [0.3, 0.4) is 0 Å². The van der Waals surface area contributed by atoms with Gasteiger partial charge in [0.05, 0.1) is 6.10 Å². The minimum Gasteiger partial charge on any atom is -0.392 e. The third kappa shape index (κ3) is 4.01. The van der Waals surface area contributed by atoms with Gasteiger partial charge in [0.2, 0.25) is 0 Å². The average molecular weight is 176 g/mol. The predicted molar refractivity (Wildman–Crippen MR) is 48.3 cm³/mol. The third-order valence-corrected chi connectivity index (χ3v) is 2.15. The van der Waals surface area contributed by atoms with E-state index < -0.39 is 11.8 Å². The van der Waals surface area contributed by atoms with Crippen LogP contribution in [0.2, 0.25) is 0 Å². The maximum absolute atomic E-state index is 9.45. The Balaban J connectivity index is 4.00. The molecule has 0 fully saturated rings. The van der Waals surface area contributed by atoms with E-state index in [1.807, 2.05) is 6.92 Å². The second-order valence-corrected chi connectivity index (χ2v) is 3.46. The van der Waals surface area contributed by atoms with Gasteiger partial charge in [0, 0.05) is 12.5 Å². The van der Waals surface area contributed by atoms with E-state index in [0.29, 0.717) is 6.42 Å². The standard InChI is InChI=1S/C8H20N2O2/c1-3-6(8(2,10)12)4-7(11)5-9/h6-7,11-12H,3-5,9-10H2,1-2H3. The summed E-state index contributed by atoms with van der Waals surface area (Å²) in [7, 11) is 0. The average Bonchev–Trinajstić information content (AvgIpc) is 1.97. The SMILES string of the molecule is CCC(CC(O)CN)C(C)(N)O. The highest BCUT2D eigenvalue weighted by molar-refractivity contribution is 4.77. The summed E-state index contributed by atoms with van der Waals surface area (Å²) in [6.07, 6.45) is 0.627. The van der Waals surface area contributed by atoms with Crippen LogP contribution in [0.1, 0.15) is 26.7 Å². The van der Waals surface area contributed by atoms with Crippen LogP contribution in [0.4, 0.5) is 0 Å². The van der Waals surface area contributed by atoms with Crippen molar-refractivity contribution in [3.8, 4) is 0 Å². The summed E-state index contributed by atoms with van der Waals surface area (Å²) in [5.74, 6) is -0.101. The van der Waals surface area contributed by atoms with Gasteiger partial charge in [-0.15, -0.1) is 0 Å². The Bertz CT molecular complexity index is 123. The van der Waals surface area contributed by atoms with Gasteiger partial charge in [0.1, 0.15) is 5.72 Å². The second-order valence-electron chi connectivity index (χ2n) is 3.46. The summed E-state index contributed by atoms with van der Waals surface area (Å²) in [5, 5.41) is 18.7. The molecule has 0 aromatic rings. The lowest BCUT2D eigenvalue weighted by Crippen LogP contribution is -2.45. The van der Waals surface area contributed by atoms with E-state index in [2.05, 4.69) is 0 Å². The normalized spacial score (nSPS) is 21.5. The first-order valence-corrected chi connectivity index (χ1v) is 4.31. The quantitative estimate of drug-likeness (QED) is 0.420. The first-order chi connectivity index (χ1) is 5.41. The Morgan fingerprint density at radius 3 is 2.25 bits per heavy atom. The zero-order chi connectivity index (χ0) is 9.78. The highest BCUT2D eigenvalue weighted by Crippen LogP contribution is 2.20. The van der Waals surface area contributed by atoms with Crippen molar-refractivity contribution in [2.45, 2.75) is 38.5 Å². The summed E-state index contributed by atoms with van der Waals surface area (Å²) in [6, 6.07) is 0. The smallest absolute Gasteiger partial charge is 0.113 e. The summed E-state index contributed by atoms with van der Waals surface area (Å²) >= 11 is 0. The molecule has 12 heavy (non-hydrogen) atoms. The van der Waals surface area contributed by atoms with Gasteiger partial charge in [-0.25, -0.2) is 0 Å². The lowest BCUT2D eigenvalue weighted by atomic mass is 9.89. The van der Waals surface area contributed by atoms with Crippen molar-refractivity contribution in [3.63, 3.8) is 0 Å². The van der Waals surface area contributed by atoms with E-state index in [4.69, 9.17) is 11.5 Å². The molecule has 3 unspecified atom stereocenters. The van der Waals surface area contributed by atoms with Gasteiger partial charge < -0.3 is 21.7 Å². The largest absolute Gasteiger partial charge is 0.392 e. The molecule has 74 valence electrons. The molecule has 0 aromatic heterocycles. The van der Waals surface area contributed by atoms with E-state index in [-0.39, 0.29) is 12.5 Å². The molecule has 0 heterocycles. The molecule has 0 aliphatic rings. The number of rotatable bonds is 5. The highest BCUT2D eigenvalue weighted by Gasteiger charge is 2.27. The number of hydrogen-bond acceptors (Lipinski definition) is 4. The predicted octanol–water partition coefficient (Wildman–Crippen LogP) is -0.610. The van der Waals surface area contributed by atoms with E-state index in [1.54, 1.807) is 6.92 Å². The summed E-state index contributed by atoms with van der Waals surface area (Å²) < 4.78 is 0. The van der Waals surface area contributed by atoms with Crippen LogP contribution in [0.5, 0.6) is 0 Å². The lowest BCUT2D eigenvalue weighted by molar-refractivity contribution is -0.0180. The van der Waals surface area contributed by atoms with Crippen molar-refractivity contribution in [2.75, 3.05) is 6.54 Å². The van der Waals surface area contributed by atoms with Crippen LogP contribution in [-0.4, -0.2) is 28.6 Å². The molecule has 3 atom stereocenters. The fourth-order valence-corrected chi connectivity index (χ4v) is 1.24. The summed E-state index contributed by atoms with van der Waals surface area (Å²) in [4.78, 5) is 0. The van der Waals surface area contributed by atoms with Crippen LogP contribution in [0.15, 0.2) is 0 Å². The molecule has 0 aliphatic carbocycles. The van der Waals surface area contributed by atoms with Crippen molar-refractivity contribution in [1.29, 1.82) is 0 Å². The summed E-state index contributed by atoms with van der Waals surface area (Å²) in [6.45, 7) is 3.69. The number of nitrogens with two attached hydrogens (primary N) is 2. The van der Waals surface area contributed by atoms with Crippen LogP contribution in [-0.2, 0) is 0 Å². The fraction of sp³-hybridized carbons (Fsp3) is 1.00. The van der Waals surface area contributed by atoms with Gasteiger partial charge >= 0.3 is 0 Å². The highest BCUT2D eigenvalue weighted by atomic mass is 16.3. The van der Waals surface area contributed by atoms with Crippen LogP contribution >= 0.6 is 0 Å². The van der Waals surface area contributed by atoms with E-state index in [0.717, 1.165) is 6.42 Å². The second kappa shape index (κ2) is 4.77. The summed E-state index contributed by atoms with van der Waals surface area (Å²) in [5.41, 5.74) is 9.53. The molecule has 4 nitrogen and oxygen atoms in total.